The summed E-state index contributed by atoms with van der Waals surface area (Å²) < 4.78 is 5.47. The molecule has 8 nitrogen and oxygen atoms in total. The molecule has 2 saturated heterocycles. The van der Waals surface area contributed by atoms with Gasteiger partial charge in [-0.3, -0.25) is 14.8 Å². The SMILES string of the molecule is O=C(c1cc2c(CN3CCCCC3)n[nH]c2cc1O)N1Cc2ccc(N3CCOCC3)cc2C1. The Balaban J connectivity index is 1.22. The van der Waals surface area contributed by atoms with E-state index in [1.54, 1.807) is 6.07 Å². The van der Waals surface area contributed by atoms with E-state index in [4.69, 9.17) is 4.74 Å². The van der Waals surface area contributed by atoms with Crippen LogP contribution in [0.3, 0.4) is 0 Å². The Morgan fingerprint density at radius 2 is 1.79 bits per heavy atom. The van der Waals surface area contributed by atoms with Gasteiger partial charge in [-0.05, 0) is 55.3 Å². The Kier molecular flexibility index (Phi) is 5.63. The standard InChI is InChI=1S/C26H31N5O3/c32-25-14-23-21(24(28-27-23)17-29-6-2-1-3-7-29)13-22(25)26(33)31-15-18-4-5-20(12-19(18)16-31)30-8-10-34-11-9-30/h4-5,12-14,32H,1-3,6-11,15-17H2,(H,27,28). The lowest BCUT2D eigenvalue weighted by atomic mass is 10.1. The molecule has 8 heteroatoms. The third-order valence-electron chi connectivity index (χ3n) is 7.39. The van der Waals surface area contributed by atoms with Gasteiger partial charge in [0, 0.05) is 49.9 Å². The summed E-state index contributed by atoms with van der Waals surface area (Å²) in [6.07, 6.45) is 3.72. The highest BCUT2D eigenvalue weighted by molar-refractivity contribution is 6.01. The molecule has 6 rings (SSSR count). The molecule has 34 heavy (non-hydrogen) atoms. The molecule has 0 radical (unpaired) electrons. The van der Waals surface area contributed by atoms with Crippen molar-refractivity contribution in [3.05, 3.63) is 52.7 Å². The number of ether oxygens (including phenoxy) is 1. The van der Waals surface area contributed by atoms with E-state index >= 15 is 0 Å². The number of benzene rings is 2. The summed E-state index contributed by atoms with van der Waals surface area (Å²) in [5.41, 5.74) is 5.56. The molecule has 0 saturated carbocycles. The highest BCUT2D eigenvalue weighted by atomic mass is 16.5. The van der Waals surface area contributed by atoms with Crippen LogP contribution >= 0.6 is 0 Å². The van der Waals surface area contributed by atoms with E-state index in [-0.39, 0.29) is 11.7 Å². The number of nitrogens with one attached hydrogen (secondary N) is 1. The van der Waals surface area contributed by atoms with Gasteiger partial charge in [-0.2, -0.15) is 5.10 Å². The number of phenols is 1. The van der Waals surface area contributed by atoms with Crippen LogP contribution in [0.1, 0.15) is 46.4 Å². The fourth-order valence-corrected chi connectivity index (χ4v) is 5.44. The van der Waals surface area contributed by atoms with Crippen molar-refractivity contribution in [3.63, 3.8) is 0 Å². The van der Waals surface area contributed by atoms with Crippen LogP contribution in [0.4, 0.5) is 5.69 Å². The molecule has 1 amide bonds. The molecule has 4 heterocycles. The lowest BCUT2D eigenvalue weighted by Gasteiger charge is -2.29. The number of nitrogens with zero attached hydrogens (tertiary/aromatic N) is 4. The van der Waals surface area contributed by atoms with Gasteiger partial charge in [0.15, 0.2) is 0 Å². The van der Waals surface area contributed by atoms with Gasteiger partial charge in [-0.1, -0.05) is 12.5 Å². The molecule has 2 fully saturated rings. The van der Waals surface area contributed by atoms with E-state index in [1.807, 2.05) is 11.0 Å². The van der Waals surface area contributed by atoms with Crippen molar-refractivity contribution in [2.24, 2.45) is 0 Å². The number of carbonyl (C=O) groups excluding carboxylic acids is 1. The Labute approximate surface area is 199 Å². The fraction of sp³-hybridized carbons (Fsp3) is 0.462. The Bertz CT molecular complexity index is 1210. The summed E-state index contributed by atoms with van der Waals surface area (Å²) >= 11 is 0. The van der Waals surface area contributed by atoms with Gasteiger partial charge >= 0.3 is 0 Å². The van der Waals surface area contributed by atoms with E-state index in [0.29, 0.717) is 18.7 Å². The largest absolute Gasteiger partial charge is 0.507 e. The Morgan fingerprint density at radius 3 is 2.62 bits per heavy atom. The van der Waals surface area contributed by atoms with E-state index in [0.717, 1.165) is 62.5 Å². The molecule has 178 valence electrons. The fourth-order valence-electron chi connectivity index (χ4n) is 5.44. The van der Waals surface area contributed by atoms with Gasteiger partial charge in [-0.15, -0.1) is 0 Å². The zero-order valence-electron chi connectivity index (χ0n) is 19.4. The quantitative estimate of drug-likeness (QED) is 0.621. The first-order valence-corrected chi connectivity index (χ1v) is 12.3. The number of hydrogen-bond donors (Lipinski definition) is 2. The summed E-state index contributed by atoms with van der Waals surface area (Å²) in [5, 5.41) is 19.1. The molecular weight excluding hydrogens is 430 g/mol. The second-order valence-electron chi connectivity index (χ2n) is 9.64. The number of aromatic nitrogens is 2. The van der Waals surface area contributed by atoms with Crippen molar-refractivity contribution in [2.45, 2.75) is 38.9 Å². The van der Waals surface area contributed by atoms with Crippen LogP contribution in [0, 0.1) is 0 Å². The second kappa shape index (κ2) is 8.92. The van der Waals surface area contributed by atoms with Gasteiger partial charge in [-0.25, -0.2) is 0 Å². The normalized spacial score (nSPS) is 19.1. The van der Waals surface area contributed by atoms with Crippen molar-refractivity contribution in [2.75, 3.05) is 44.3 Å². The van der Waals surface area contributed by atoms with Crippen LogP contribution < -0.4 is 4.90 Å². The minimum absolute atomic E-state index is 0.00404. The van der Waals surface area contributed by atoms with E-state index in [1.165, 1.54) is 36.1 Å². The molecule has 0 bridgehead atoms. The first-order valence-electron chi connectivity index (χ1n) is 12.3. The molecule has 0 atom stereocenters. The average molecular weight is 462 g/mol. The second-order valence-corrected chi connectivity index (χ2v) is 9.64. The molecule has 2 N–H and O–H groups in total. The van der Waals surface area contributed by atoms with Crippen LogP contribution in [0.2, 0.25) is 0 Å². The lowest BCUT2D eigenvalue weighted by molar-refractivity contribution is 0.0748. The van der Waals surface area contributed by atoms with Gasteiger partial charge in [0.05, 0.1) is 30.0 Å². The maximum atomic E-state index is 13.5. The maximum Gasteiger partial charge on any atom is 0.258 e. The highest BCUT2D eigenvalue weighted by Gasteiger charge is 2.28. The summed E-state index contributed by atoms with van der Waals surface area (Å²) in [7, 11) is 0. The minimum atomic E-state index is -0.145. The monoisotopic (exact) mass is 461 g/mol. The smallest absolute Gasteiger partial charge is 0.258 e. The molecule has 3 aliphatic heterocycles. The molecule has 3 aromatic rings. The summed E-state index contributed by atoms with van der Waals surface area (Å²) in [5.74, 6) is -0.149. The van der Waals surface area contributed by atoms with Crippen LogP contribution in [0.25, 0.3) is 10.9 Å². The molecule has 0 unspecified atom stereocenters. The minimum Gasteiger partial charge on any atom is -0.507 e. The van der Waals surface area contributed by atoms with E-state index < -0.39 is 0 Å². The molecule has 2 aromatic carbocycles. The number of aromatic hydroxyl groups is 1. The number of likely N-dealkylation sites (tertiary alicyclic amines) is 1. The number of rotatable bonds is 4. The van der Waals surface area contributed by atoms with Crippen molar-refractivity contribution < 1.29 is 14.6 Å². The zero-order valence-corrected chi connectivity index (χ0v) is 19.4. The highest BCUT2D eigenvalue weighted by Crippen LogP contribution is 2.32. The van der Waals surface area contributed by atoms with Gasteiger partial charge < -0.3 is 19.6 Å². The third-order valence-corrected chi connectivity index (χ3v) is 7.39. The zero-order chi connectivity index (χ0) is 23.1. The number of piperidine rings is 1. The van der Waals surface area contributed by atoms with E-state index in [2.05, 4.69) is 38.2 Å². The number of H-pyrrole nitrogens is 1. The summed E-state index contributed by atoms with van der Waals surface area (Å²) in [6, 6.07) is 9.92. The predicted octanol–water partition coefficient (Wildman–Crippen LogP) is 3.25. The van der Waals surface area contributed by atoms with E-state index in [9.17, 15) is 9.90 Å². The number of aromatic amines is 1. The number of amides is 1. The summed E-state index contributed by atoms with van der Waals surface area (Å²) in [4.78, 5) is 20.0. The number of phenolic OH excluding ortho intramolecular Hbond substituents is 1. The van der Waals surface area contributed by atoms with Gasteiger partial charge in [0.1, 0.15) is 5.75 Å². The average Bonchev–Trinajstić information content (AvgIpc) is 3.47. The molecule has 0 spiro atoms. The molecule has 0 aliphatic carbocycles. The van der Waals surface area contributed by atoms with Gasteiger partial charge in [0.25, 0.3) is 5.91 Å². The van der Waals surface area contributed by atoms with Crippen molar-refractivity contribution in [3.8, 4) is 5.75 Å². The van der Waals surface area contributed by atoms with Crippen molar-refractivity contribution in [1.29, 1.82) is 0 Å². The molecule has 1 aromatic heterocycles. The predicted molar refractivity (Wildman–Crippen MR) is 130 cm³/mol. The van der Waals surface area contributed by atoms with Crippen LogP contribution in [-0.4, -0.2) is 70.4 Å². The maximum absolute atomic E-state index is 13.5. The van der Waals surface area contributed by atoms with Crippen molar-refractivity contribution >= 4 is 22.5 Å². The number of anilines is 1. The summed E-state index contributed by atoms with van der Waals surface area (Å²) in [6.45, 7) is 7.30. The number of morpholine rings is 1. The van der Waals surface area contributed by atoms with Gasteiger partial charge in [0.2, 0.25) is 0 Å². The first kappa shape index (κ1) is 21.4. The lowest BCUT2D eigenvalue weighted by Crippen LogP contribution is -2.36. The van der Waals surface area contributed by atoms with Crippen LogP contribution in [0.15, 0.2) is 30.3 Å². The Hall–Kier alpha value is -3.10. The Morgan fingerprint density at radius 1 is 1.00 bits per heavy atom. The number of fused-ring (bicyclic) bond motifs is 2. The molecular formula is C26H31N5O3. The van der Waals surface area contributed by atoms with Crippen LogP contribution in [0.5, 0.6) is 5.75 Å². The molecule has 3 aliphatic rings. The van der Waals surface area contributed by atoms with Crippen LogP contribution in [-0.2, 0) is 24.4 Å². The number of carbonyl (C=O) groups is 1. The first-order chi connectivity index (χ1) is 16.7. The van der Waals surface area contributed by atoms with Crippen molar-refractivity contribution in [1.82, 2.24) is 20.0 Å². The topological polar surface area (TPSA) is 84.9 Å². The number of hydrogen-bond acceptors (Lipinski definition) is 6. The third kappa shape index (κ3) is 4.01.